The molecule has 0 amide bonds. The summed E-state index contributed by atoms with van der Waals surface area (Å²) in [6.45, 7) is 0. The number of nitrogens with zero attached hydrogens (tertiary/aromatic N) is 4. The third-order valence-corrected chi connectivity index (χ3v) is 3.80. The van der Waals surface area contributed by atoms with Gasteiger partial charge in [0.05, 0.1) is 6.07 Å². The zero-order valence-electron chi connectivity index (χ0n) is 13.6. The first-order valence-electron chi connectivity index (χ1n) is 7.89. The highest BCUT2D eigenvalue weighted by Gasteiger charge is 2.22. The first-order chi connectivity index (χ1) is 12.3. The molecule has 0 N–H and O–H groups in total. The second-order valence-electron chi connectivity index (χ2n) is 5.48. The van der Waals surface area contributed by atoms with Gasteiger partial charge in [0.25, 0.3) is 0 Å². The Morgan fingerprint density at radius 1 is 1.24 bits per heavy atom. The van der Waals surface area contributed by atoms with Crippen molar-refractivity contribution in [1.82, 2.24) is 9.78 Å². The maximum atomic E-state index is 9.67. The van der Waals surface area contributed by atoms with Crippen LogP contribution in [0.5, 0.6) is 0 Å². The van der Waals surface area contributed by atoms with Crippen molar-refractivity contribution < 1.29 is 0 Å². The highest BCUT2D eigenvalue weighted by Crippen LogP contribution is 2.26. The van der Waals surface area contributed by atoms with Crippen LogP contribution in [0.15, 0.2) is 88.9 Å². The first kappa shape index (κ1) is 16.2. The number of nitriles is 1. The van der Waals surface area contributed by atoms with Crippen molar-refractivity contribution in [3.8, 4) is 18.4 Å². The lowest BCUT2D eigenvalue weighted by molar-refractivity contribution is 0.895. The fourth-order valence-electron chi connectivity index (χ4n) is 2.65. The van der Waals surface area contributed by atoms with Gasteiger partial charge in [-0.3, -0.25) is 0 Å². The molecule has 1 aliphatic rings. The molecule has 0 aliphatic carbocycles. The Labute approximate surface area is 147 Å². The molecule has 120 valence electrons. The van der Waals surface area contributed by atoms with Gasteiger partial charge in [0.15, 0.2) is 5.84 Å². The van der Waals surface area contributed by atoms with Crippen LogP contribution >= 0.6 is 0 Å². The summed E-state index contributed by atoms with van der Waals surface area (Å²) in [4.78, 5) is 4.72. The fraction of sp³-hybridized carbons (Fsp3) is 0.0952. The van der Waals surface area contributed by atoms with Crippen molar-refractivity contribution >= 4 is 5.84 Å². The van der Waals surface area contributed by atoms with Crippen LogP contribution in [0.4, 0.5) is 0 Å². The van der Waals surface area contributed by atoms with Crippen molar-refractivity contribution in [2.45, 2.75) is 12.8 Å². The van der Waals surface area contributed by atoms with Crippen molar-refractivity contribution in [3.63, 3.8) is 0 Å². The zero-order valence-corrected chi connectivity index (χ0v) is 13.6. The molecule has 0 saturated carbocycles. The van der Waals surface area contributed by atoms with E-state index in [4.69, 9.17) is 11.4 Å². The monoisotopic (exact) mass is 324 g/mol. The maximum absolute atomic E-state index is 9.67. The van der Waals surface area contributed by atoms with Gasteiger partial charge >= 0.3 is 0 Å². The Balaban J connectivity index is 2.05. The molecule has 3 rings (SSSR count). The number of dihydropyridines is 1. The number of rotatable bonds is 3. The number of benzene rings is 1. The summed E-state index contributed by atoms with van der Waals surface area (Å²) >= 11 is 0. The average molecular weight is 324 g/mol. The Kier molecular flexibility index (Phi) is 5.04. The van der Waals surface area contributed by atoms with Crippen molar-refractivity contribution in [2.24, 2.45) is 4.99 Å². The number of allylic oxidation sites excluding steroid dienone is 5. The second kappa shape index (κ2) is 7.77. The zero-order chi connectivity index (χ0) is 17.5. The van der Waals surface area contributed by atoms with Gasteiger partial charge in [-0.05, 0) is 23.8 Å². The van der Waals surface area contributed by atoms with Gasteiger partial charge in [-0.1, -0.05) is 42.3 Å². The fourth-order valence-corrected chi connectivity index (χ4v) is 2.65. The molecule has 0 fully saturated rings. The Bertz CT molecular complexity index is 944. The van der Waals surface area contributed by atoms with Crippen LogP contribution in [0.25, 0.3) is 0 Å². The maximum Gasteiger partial charge on any atom is 0.158 e. The van der Waals surface area contributed by atoms with E-state index in [1.54, 1.807) is 23.0 Å². The van der Waals surface area contributed by atoms with Crippen LogP contribution in [-0.2, 0) is 6.42 Å². The summed E-state index contributed by atoms with van der Waals surface area (Å²) in [5.74, 6) is 3.12. The van der Waals surface area contributed by atoms with Crippen molar-refractivity contribution in [2.75, 3.05) is 0 Å². The Hall–Kier alpha value is -3.63. The van der Waals surface area contributed by atoms with Gasteiger partial charge in [-0.25, -0.2) is 9.67 Å². The van der Waals surface area contributed by atoms with Gasteiger partial charge in [-0.15, -0.1) is 6.42 Å². The van der Waals surface area contributed by atoms with E-state index >= 15 is 0 Å². The van der Waals surface area contributed by atoms with Crippen LogP contribution in [0.2, 0.25) is 0 Å². The van der Waals surface area contributed by atoms with Crippen molar-refractivity contribution in [1.29, 1.82) is 5.26 Å². The Morgan fingerprint density at radius 3 is 2.76 bits per heavy atom. The molecule has 0 saturated heterocycles. The predicted octanol–water partition coefficient (Wildman–Crippen LogP) is 3.67. The predicted molar refractivity (Wildman–Crippen MR) is 98.5 cm³/mol. The lowest BCUT2D eigenvalue weighted by Gasteiger charge is -2.19. The lowest BCUT2D eigenvalue weighted by Crippen LogP contribution is -2.22. The van der Waals surface area contributed by atoms with Crippen LogP contribution in [0, 0.1) is 23.7 Å². The molecule has 1 aliphatic heterocycles. The molecule has 2 heterocycles. The van der Waals surface area contributed by atoms with Crippen LogP contribution in [-0.4, -0.2) is 15.6 Å². The quantitative estimate of drug-likeness (QED) is 0.809. The first-order valence-corrected chi connectivity index (χ1v) is 7.89. The molecule has 1 aromatic heterocycles. The summed E-state index contributed by atoms with van der Waals surface area (Å²) in [5, 5.41) is 14.0. The van der Waals surface area contributed by atoms with Gasteiger partial charge in [0.2, 0.25) is 0 Å². The molecule has 0 radical (unpaired) electrons. The van der Waals surface area contributed by atoms with Crippen molar-refractivity contribution in [3.05, 3.63) is 89.4 Å². The minimum Gasteiger partial charge on any atom is -0.233 e. The number of hydrogen-bond donors (Lipinski definition) is 0. The largest absolute Gasteiger partial charge is 0.233 e. The van der Waals surface area contributed by atoms with E-state index in [-0.39, 0.29) is 0 Å². The van der Waals surface area contributed by atoms with Gasteiger partial charge in [0.1, 0.15) is 0 Å². The molecule has 0 unspecified atom stereocenters. The molecular formula is C21H16N4. The normalized spacial score (nSPS) is 15.9. The summed E-state index contributed by atoms with van der Waals surface area (Å²) in [5.41, 5.74) is 3.51. The minimum absolute atomic E-state index is 0.484. The second-order valence-corrected chi connectivity index (χ2v) is 5.48. The van der Waals surface area contributed by atoms with E-state index in [0.29, 0.717) is 24.3 Å². The summed E-state index contributed by atoms with van der Waals surface area (Å²) < 4.78 is 1.70. The highest BCUT2D eigenvalue weighted by atomic mass is 15.3. The van der Waals surface area contributed by atoms with E-state index in [2.05, 4.69) is 17.1 Å². The molecule has 4 heteroatoms. The molecule has 0 atom stereocenters. The van der Waals surface area contributed by atoms with E-state index < -0.39 is 0 Å². The van der Waals surface area contributed by atoms with Gasteiger partial charge in [0, 0.05) is 42.1 Å². The van der Waals surface area contributed by atoms with Crippen LogP contribution in [0.1, 0.15) is 12.0 Å². The van der Waals surface area contributed by atoms with Gasteiger partial charge in [-0.2, -0.15) is 10.4 Å². The third-order valence-electron chi connectivity index (χ3n) is 3.80. The van der Waals surface area contributed by atoms with E-state index in [9.17, 15) is 5.26 Å². The average Bonchev–Trinajstić information content (AvgIpc) is 3.18. The number of terminal acetylenes is 1. The molecule has 1 aromatic carbocycles. The number of hydrogen-bond acceptors (Lipinski definition) is 3. The molecule has 2 aromatic rings. The summed E-state index contributed by atoms with van der Waals surface area (Å²) in [6.07, 6.45) is 15.1. The molecular weight excluding hydrogens is 308 g/mol. The van der Waals surface area contributed by atoms with Gasteiger partial charge < -0.3 is 0 Å². The third kappa shape index (κ3) is 3.83. The molecule has 25 heavy (non-hydrogen) atoms. The standard InChI is InChI=1S/C21H16N4/c1-2-3-5-11-19-15-18(16-22)20(14-17-9-6-4-7-10-17)21(24-19)25-13-8-12-23-25/h1,3-13H,14-15H2/b5-3-,19-11+. The minimum atomic E-state index is 0.484. The van der Waals surface area contributed by atoms with Crippen LogP contribution in [0.3, 0.4) is 0 Å². The SMILES string of the molecule is C#C/C=C\C=C1/CC(C#N)=C(Cc2ccccc2)C(n2cccn2)=N1. The smallest absolute Gasteiger partial charge is 0.158 e. The van der Waals surface area contributed by atoms with E-state index in [1.807, 2.05) is 48.7 Å². The molecule has 0 spiro atoms. The molecule has 0 bridgehead atoms. The topological polar surface area (TPSA) is 54.0 Å². The van der Waals surface area contributed by atoms with Crippen LogP contribution < -0.4 is 0 Å². The highest BCUT2D eigenvalue weighted by molar-refractivity contribution is 6.02. The lowest BCUT2D eigenvalue weighted by atomic mass is 9.94. The molecule has 4 nitrogen and oxygen atoms in total. The number of aliphatic imine (C=N–C) groups is 1. The Morgan fingerprint density at radius 2 is 2.08 bits per heavy atom. The van der Waals surface area contributed by atoms with E-state index in [1.165, 1.54) is 0 Å². The summed E-state index contributed by atoms with van der Waals surface area (Å²) in [7, 11) is 0. The van der Waals surface area contributed by atoms with E-state index in [0.717, 1.165) is 16.8 Å². The summed E-state index contributed by atoms with van der Waals surface area (Å²) in [6, 6.07) is 14.2. The number of aromatic nitrogens is 2.